The molecule has 2 rings (SSSR count). The number of methoxy groups -OCH3 is 1. The van der Waals surface area contributed by atoms with Crippen LogP contribution in [0.15, 0.2) is 11.6 Å². The summed E-state index contributed by atoms with van der Waals surface area (Å²) in [5.74, 6) is 1.11. The lowest BCUT2D eigenvalue weighted by molar-refractivity contribution is -0.145. The summed E-state index contributed by atoms with van der Waals surface area (Å²) in [5.41, 5.74) is 0. The number of aromatic nitrogens is 1. The second kappa shape index (κ2) is 4.95. The predicted octanol–water partition coefficient (Wildman–Crippen LogP) is 2.84. The van der Waals surface area contributed by atoms with E-state index in [4.69, 9.17) is 4.74 Å². The fourth-order valence-electron chi connectivity index (χ4n) is 2.51. The molecule has 2 unspecified atom stereocenters. The molecule has 1 aromatic heterocycles. The minimum absolute atomic E-state index is 0.0474. The van der Waals surface area contributed by atoms with Crippen LogP contribution >= 0.6 is 11.3 Å². The molecule has 1 aliphatic carbocycles. The highest BCUT2D eigenvalue weighted by atomic mass is 32.1. The third-order valence-corrected chi connectivity index (χ3v) is 4.53. The van der Waals surface area contributed by atoms with Crippen molar-refractivity contribution in [2.45, 2.75) is 32.1 Å². The molecule has 0 bridgehead atoms. The van der Waals surface area contributed by atoms with Crippen LogP contribution < -0.4 is 0 Å². The Morgan fingerprint density at radius 1 is 1.62 bits per heavy atom. The van der Waals surface area contributed by atoms with Gasteiger partial charge in [0.15, 0.2) is 0 Å². The molecule has 0 amide bonds. The molecule has 3 atom stereocenters. The SMILES string of the molecule is COC(=O)[C@H]1CCC(C(C)c2nccs2)C1. The molecule has 16 heavy (non-hydrogen) atoms. The Bertz CT molecular complexity index is 350. The van der Waals surface area contributed by atoms with E-state index in [1.165, 1.54) is 12.1 Å². The monoisotopic (exact) mass is 239 g/mol. The molecule has 1 fully saturated rings. The normalized spacial score (nSPS) is 26.6. The standard InChI is InChI=1S/C12H17NO2S/c1-8(11-13-5-6-16-11)9-3-4-10(7-9)12(14)15-2/h5-6,8-10H,3-4,7H2,1-2H3/t8?,9?,10-/m0/s1. The molecular weight excluding hydrogens is 222 g/mol. The van der Waals surface area contributed by atoms with E-state index in [0.717, 1.165) is 19.3 Å². The first-order chi connectivity index (χ1) is 7.72. The van der Waals surface area contributed by atoms with Crippen molar-refractivity contribution in [2.75, 3.05) is 7.11 Å². The fourth-order valence-corrected chi connectivity index (χ4v) is 3.30. The summed E-state index contributed by atoms with van der Waals surface area (Å²) in [6.07, 6.45) is 4.88. The van der Waals surface area contributed by atoms with Gasteiger partial charge in [-0.2, -0.15) is 0 Å². The zero-order valence-corrected chi connectivity index (χ0v) is 10.5. The van der Waals surface area contributed by atoms with Crippen molar-refractivity contribution in [3.05, 3.63) is 16.6 Å². The van der Waals surface area contributed by atoms with Gasteiger partial charge < -0.3 is 4.74 Å². The molecule has 0 saturated heterocycles. The van der Waals surface area contributed by atoms with Crippen LogP contribution in [0.25, 0.3) is 0 Å². The number of hydrogen-bond acceptors (Lipinski definition) is 4. The van der Waals surface area contributed by atoms with Crippen molar-refractivity contribution < 1.29 is 9.53 Å². The molecule has 0 aliphatic heterocycles. The van der Waals surface area contributed by atoms with Crippen LogP contribution in [0.1, 0.15) is 37.1 Å². The molecule has 1 aromatic rings. The van der Waals surface area contributed by atoms with Crippen molar-refractivity contribution in [3.8, 4) is 0 Å². The minimum Gasteiger partial charge on any atom is -0.469 e. The number of esters is 1. The van der Waals surface area contributed by atoms with Gasteiger partial charge in [-0.3, -0.25) is 4.79 Å². The maximum Gasteiger partial charge on any atom is 0.308 e. The van der Waals surface area contributed by atoms with Crippen LogP contribution in [0.5, 0.6) is 0 Å². The van der Waals surface area contributed by atoms with Crippen LogP contribution in [-0.2, 0) is 9.53 Å². The van der Waals surface area contributed by atoms with Gasteiger partial charge in [0.1, 0.15) is 0 Å². The minimum atomic E-state index is -0.0474. The predicted molar refractivity (Wildman–Crippen MR) is 63.4 cm³/mol. The van der Waals surface area contributed by atoms with Crippen molar-refractivity contribution >= 4 is 17.3 Å². The molecule has 88 valence electrons. The quantitative estimate of drug-likeness (QED) is 0.761. The Balaban J connectivity index is 1.96. The van der Waals surface area contributed by atoms with E-state index in [9.17, 15) is 4.79 Å². The first kappa shape index (κ1) is 11.6. The van der Waals surface area contributed by atoms with Crippen LogP contribution in [0, 0.1) is 11.8 Å². The van der Waals surface area contributed by atoms with Crippen LogP contribution in [-0.4, -0.2) is 18.1 Å². The van der Waals surface area contributed by atoms with Gasteiger partial charge in [-0.1, -0.05) is 6.92 Å². The van der Waals surface area contributed by atoms with Gasteiger partial charge in [-0.05, 0) is 25.2 Å². The van der Waals surface area contributed by atoms with Crippen molar-refractivity contribution in [3.63, 3.8) is 0 Å². The molecule has 4 heteroatoms. The van der Waals surface area contributed by atoms with Gasteiger partial charge in [0, 0.05) is 17.5 Å². The lowest BCUT2D eigenvalue weighted by Gasteiger charge is -2.16. The maximum absolute atomic E-state index is 11.4. The van der Waals surface area contributed by atoms with E-state index in [0.29, 0.717) is 11.8 Å². The summed E-state index contributed by atoms with van der Waals surface area (Å²) in [6.45, 7) is 2.21. The number of carbonyl (C=O) groups excluding carboxylic acids is 1. The first-order valence-electron chi connectivity index (χ1n) is 5.69. The first-order valence-corrected chi connectivity index (χ1v) is 6.57. The Morgan fingerprint density at radius 2 is 2.44 bits per heavy atom. The number of ether oxygens (including phenoxy) is 1. The molecule has 1 aliphatic rings. The van der Waals surface area contributed by atoms with E-state index >= 15 is 0 Å². The van der Waals surface area contributed by atoms with Crippen molar-refractivity contribution in [1.29, 1.82) is 0 Å². The van der Waals surface area contributed by atoms with Gasteiger partial charge in [0.25, 0.3) is 0 Å². The summed E-state index contributed by atoms with van der Waals surface area (Å²) in [4.78, 5) is 15.8. The van der Waals surface area contributed by atoms with Crippen LogP contribution in [0.2, 0.25) is 0 Å². The third kappa shape index (κ3) is 2.26. The summed E-state index contributed by atoms with van der Waals surface area (Å²) in [6, 6.07) is 0. The number of thiazole rings is 1. The smallest absolute Gasteiger partial charge is 0.308 e. The summed E-state index contributed by atoms with van der Waals surface area (Å²) >= 11 is 1.71. The molecule has 0 radical (unpaired) electrons. The van der Waals surface area contributed by atoms with Gasteiger partial charge in [0.2, 0.25) is 0 Å². The lowest BCUT2D eigenvalue weighted by Crippen LogP contribution is -2.14. The average Bonchev–Trinajstić information content (AvgIpc) is 2.97. The fraction of sp³-hybridized carbons (Fsp3) is 0.667. The van der Waals surface area contributed by atoms with E-state index in [-0.39, 0.29) is 11.9 Å². The zero-order valence-electron chi connectivity index (χ0n) is 9.68. The number of rotatable bonds is 3. The second-order valence-electron chi connectivity index (χ2n) is 4.45. The van der Waals surface area contributed by atoms with Gasteiger partial charge in [0.05, 0.1) is 18.0 Å². The van der Waals surface area contributed by atoms with Crippen LogP contribution in [0.4, 0.5) is 0 Å². The third-order valence-electron chi connectivity index (χ3n) is 3.56. The van der Waals surface area contributed by atoms with Gasteiger partial charge >= 0.3 is 5.97 Å². The molecule has 0 spiro atoms. The number of hydrogen-bond donors (Lipinski definition) is 0. The Hall–Kier alpha value is -0.900. The summed E-state index contributed by atoms with van der Waals surface area (Å²) in [7, 11) is 1.47. The molecule has 0 aromatic carbocycles. The largest absolute Gasteiger partial charge is 0.469 e. The highest BCUT2D eigenvalue weighted by molar-refractivity contribution is 7.09. The molecule has 1 heterocycles. The van der Waals surface area contributed by atoms with Gasteiger partial charge in [-0.25, -0.2) is 4.98 Å². The highest BCUT2D eigenvalue weighted by Crippen LogP contribution is 2.40. The van der Waals surface area contributed by atoms with E-state index in [1.807, 2.05) is 11.6 Å². The molecule has 1 saturated carbocycles. The van der Waals surface area contributed by atoms with Crippen molar-refractivity contribution in [1.82, 2.24) is 4.98 Å². The molecule has 3 nitrogen and oxygen atoms in total. The summed E-state index contributed by atoms with van der Waals surface area (Å²) < 4.78 is 4.80. The average molecular weight is 239 g/mol. The Labute approximate surface area is 99.8 Å². The van der Waals surface area contributed by atoms with E-state index < -0.39 is 0 Å². The maximum atomic E-state index is 11.4. The number of nitrogens with zero attached hydrogens (tertiary/aromatic N) is 1. The highest BCUT2D eigenvalue weighted by Gasteiger charge is 2.34. The van der Waals surface area contributed by atoms with E-state index in [2.05, 4.69) is 11.9 Å². The molecular formula is C12H17NO2S. The Morgan fingerprint density at radius 3 is 3.06 bits per heavy atom. The Kier molecular flexibility index (Phi) is 3.59. The van der Waals surface area contributed by atoms with Crippen molar-refractivity contribution in [2.24, 2.45) is 11.8 Å². The van der Waals surface area contributed by atoms with Crippen LogP contribution in [0.3, 0.4) is 0 Å². The number of carbonyl (C=O) groups is 1. The molecule has 0 N–H and O–H groups in total. The zero-order chi connectivity index (χ0) is 11.5. The summed E-state index contributed by atoms with van der Waals surface area (Å²) in [5, 5.41) is 3.20. The lowest BCUT2D eigenvalue weighted by atomic mass is 9.92. The topological polar surface area (TPSA) is 39.2 Å². The second-order valence-corrected chi connectivity index (χ2v) is 5.38. The van der Waals surface area contributed by atoms with Gasteiger partial charge in [-0.15, -0.1) is 11.3 Å². The van der Waals surface area contributed by atoms with E-state index in [1.54, 1.807) is 11.3 Å².